The summed E-state index contributed by atoms with van der Waals surface area (Å²) in [6, 6.07) is 27.6. The Hall–Kier alpha value is -5.94. The molecular formula is C40H34FN3O6S. The van der Waals surface area contributed by atoms with Crippen LogP contribution in [0, 0.1) is 5.82 Å². The van der Waals surface area contributed by atoms with Gasteiger partial charge in [-0.1, -0.05) is 59.9 Å². The molecule has 1 atom stereocenters. The maximum absolute atomic E-state index is 14.6. The molecule has 51 heavy (non-hydrogen) atoms. The number of ether oxygens (including phenoxy) is 4. The van der Waals surface area contributed by atoms with Crippen LogP contribution in [-0.4, -0.2) is 42.5 Å². The van der Waals surface area contributed by atoms with Crippen molar-refractivity contribution in [1.29, 1.82) is 0 Å². The predicted octanol–water partition coefficient (Wildman–Crippen LogP) is 6.13. The average Bonchev–Trinajstić information content (AvgIpc) is 3.67. The molecule has 258 valence electrons. The number of esters is 1. The molecular weight excluding hydrogens is 670 g/mol. The Kier molecular flexibility index (Phi) is 9.54. The van der Waals surface area contributed by atoms with Crippen LogP contribution in [-0.2, 0) is 16.1 Å². The van der Waals surface area contributed by atoms with Crippen molar-refractivity contribution >= 4 is 40.0 Å². The molecule has 7 rings (SSSR count). The van der Waals surface area contributed by atoms with Gasteiger partial charge in [-0.3, -0.25) is 9.36 Å². The van der Waals surface area contributed by atoms with Gasteiger partial charge in [0.15, 0.2) is 4.80 Å². The van der Waals surface area contributed by atoms with Crippen molar-refractivity contribution in [2.75, 3.05) is 27.4 Å². The summed E-state index contributed by atoms with van der Waals surface area (Å²) in [7, 11) is 3.10. The number of halogens is 1. The van der Waals surface area contributed by atoms with Crippen molar-refractivity contribution in [2.45, 2.75) is 19.5 Å². The smallest absolute Gasteiger partial charge is 0.338 e. The number of carbonyl (C=O) groups excluding carboxylic acids is 1. The van der Waals surface area contributed by atoms with Gasteiger partial charge in [-0.25, -0.2) is 14.2 Å². The lowest BCUT2D eigenvalue weighted by molar-refractivity contribution is -0.138. The summed E-state index contributed by atoms with van der Waals surface area (Å²) >= 11 is 1.24. The molecule has 0 saturated carbocycles. The van der Waals surface area contributed by atoms with E-state index in [1.54, 1.807) is 56.0 Å². The van der Waals surface area contributed by atoms with Crippen LogP contribution in [0.3, 0.4) is 0 Å². The number of thiazole rings is 1. The highest BCUT2D eigenvalue weighted by atomic mass is 32.1. The van der Waals surface area contributed by atoms with Crippen LogP contribution < -0.4 is 29.1 Å². The Morgan fingerprint density at radius 2 is 1.69 bits per heavy atom. The number of fused-ring (bicyclic) bond motifs is 2. The molecule has 9 nitrogen and oxygen atoms in total. The van der Waals surface area contributed by atoms with Gasteiger partial charge in [-0.2, -0.15) is 0 Å². The second-order valence-corrected chi connectivity index (χ2v) is 12.6. The second-order valence-electron chi connectivity index (χ2n) is 11.6. The highest BCUT2D eigenvalue weighted by molar-refractivity contribution is 7.07. The Morgan fingerprint density at radius 1 is 0.941 bits per heavy atom. The van der Waals surface area contributed by atoms with E-state index in [1.807, 2.05) is 66.9 Å². The Bertz CT molecular complexity index is 2450. The van der Waals surface area contributed by atoms with E-state index in [2.05, 4.69) is 4.57 Å². The topological polar surface area (TPSA) is 93.3 Å². The van der Waals surface area contributed by atoms with Crippen molar-refractivity contribution in [1.82, 2.24) is 9.13 Å². The second kappa shape index (κ2) is 14.5. The Morgan fingerprint density at radius 3 is 2.43 bits per heavy atom. The van der Waals surface area contributed by atoms with Crippen LogP contribution in [0.25, 0.3) is 22.7 Å². The van der Waals surface area contributed by atoms with Crippen LogP contribution in [0.2, 0.25) is 0 Å². The van der Waals surface area contributed by atoms with Gasteiger partial charge >= 0.3 is 5.97 Å². The molecule has 1 aliphatic heterocycles. The van der Waals surface area contributed by atoms with Crippen molar-refractivity contribution in [3.63, 3.8) is 0 Å². The molecule has 3 heterocycles. The first-order valence-electron chi connectivity index (χ1n) is 16.4. The van der Waals surface area contributed by atoms with Gasteiger partial charge in [-0.15, -0.1) is 0 Å². The number of nitrogens with zero attached hydrogens (tertiary/aromatic N) is 3. The maximum atomic E-state index is 14.6. The minimum Gasteiger partial charge on any atom is -0.497 e. The number of carbonyl (C=O) groups is 1. The van der Waals surface area contributed by atoms with E-state index in [-0.39, 0.29) is 23.6 Å². The van der Waals surface area contributed by atoms with E-state index in [4.69, 9.17) is 23.9 Å². The molecule has 0 bridgehead atoms. The zero-order valence-corrected chi connectivity index (χ0v) is 29.0. The third-order valence-corrected chi connectivity index (χ3v) is 9.61. The molecule has 4 aromatic carbocycles. The first-order chi connectivity index (χ1) is 24.9. The molecule has 0 N–H and O–H groups in total. The largest absolute Gasteiger partial charge is 0.497 e. The van der Waals surface area contributed by atoms with Gasteiger partial charge < -0.3 is 23.5 Å². The van der Waals surface area contributed by atoms with Crippen LogP contribution in [0.15, 0.2) is 119 Å². The van der Waals surface area contributed by atoms with Crippen molar-refractivity contribution in [3.8, 4) is 17.2 Å². The first-order valence-corrected chi connectivity index (χ1v) is 17.2. The van der Waals surface area contributed by atoms with Crippen molar-refractivity contribution < 1.29 is 28.1 Å². The molecule has 0 fully saturated rings. The van der Waals surface area contributed by atoms with E-state index in [0.29, 0.717) is 56.6 Å². The van der Waals surface area contributed by atoms with Crippen molar-refractivity contribution in [2.24, 2.45) is 4.99 Å². The Labute approximate surface area is 296 Å². The summed E-state index contributed by atoms with van der Waals surface area (Å²) in [5.41, 5.74) is 3.36. The fourth-order valence-electron chi connectivity index (χ4n) is 6.30. The van der Waals surface area contributed by atoms with Gasteiger partial charge in [0, 0.05) is 33.8 Å². The van der Waals surface area contributed by atoms with E-state index in [0.717, 1.165) is 16.5 Å². The molecule has 0 saturated heterocycles. The zero-order chi connectivity index (χ0) is 35.5. The third-order valence-electron chi connectivity index (χ3n) is 8.63. The lowest BCUT2D eigenvalue weighted by Gasteiger charge is -2.27. The normalized spacial score (nSPS) is 14.3. The van der Waals surface area contributed by atoms with Gasteiger partial charge in [0.05, 0.1) is 43.2 Å². The van der Waals surface area contributed by atoms with E-state index in [1.165, 1.54) is 23.5 Å². The summed E-state index contributed by atoms with van der Waals surface area (Å²) in [4.78, 5) is 33.9. The van der Waals surface area contributed by atoms with Gasteiger partial charge in [-0.05, 0) is 61.5 Å². The summed E-state index contributed by atoms with van der Waals surface area (Å²) in [6.07, 6.45) is 3.85. The molecule has 1 aliphatic rings. The summed E-state index contributed by atoms with van der Waals surface area (Å²) < 4.78 is 40.3. The SMILES string of the molecule is CCOC(=O)C1=C(c2ccccc2)N=c2sc(=Cc3cn(CCOc4ccc(F)cc4)c4ccccc34)c(=O)n2[C@H]1c1cc(OC)ccc1OC. The number of hydrogen-bond donors (Lipinski definition) is 0. The van der Waals surface area contributed by atoms with Crippen molar-refractivity contribution in [3.05, 3.63) is 151 Å². The standard InChI is InChI=1S/C40H34FN3O6S/c1-4-49-39(46)35-36(25-10-6-5-7-11-25)42-40-44(37(35)31-23-29(47-2)18-19-33(31)48-3)38(45)34(51-40)22-26-24-43(32-13-9-8-12-30(26)32)20-21-50-28-16-14-27(41)15-17-28/h5-19,22-24,37H,4,20-21H2,1-3H3/t37-/m0/s1. The van der Waals surface area contributed by atoms with E-state index >= 15 is 0 Å². The number of aromatic nitrogens is 2. The monoisotopic (exact) mass is 703 g/mol. The molecule has 6 aromatic rings. The lowest BCUT2D eigenvalue weighted by atomic mass is 9.92. The van der Waals surface area contributed by atoms with E-state index in [9.17, 15) is 14.0 Å². The fourth-order valence-corrected chi connectivity index (χ4v) is 7.29. The highest BCUT2D eigenvalue weighted by Gasteiger charge is 2.37. The minimum atomic E-state index is -0.937. The van der Waals surface area contributed by atoms with Crippen LogP contribution >= 0.6 is 11.3 Å². The molecule has 0 spiro atoms. The third kappa shape index (κ3) is 6.55. The molecule has 0 aliphatic carbocycles. The van der Waals surface area contributed by atoms with Crippen LogP contribution in [0.5, 0.6) is 17.2 Å². The lowest BCUT2D eigenvalue weighted by Crippen LogP contribution is -2.40. The van der Waals surface area contributed by atoms with Crippen LogP contribution in [0.4, 0.5) is 4.39 Å². The van der Waals surface area contributed by atoms with Gasteiger partial charge in [0.25, 0.3) is 5.56 Å². The fraction of sp³-hybridized carbons (Fsp3) is 0.175. The number of para-hydroxylation sites is 1. The molecule has 0 amide bonds. The average molecular weight is 704 g/mol. The highest BCUT2D eigenvalue weighted by Crippen LogP contribution is 2.40. The zero-order valence-electron chi connectivity index (χ0n) is 28.2. The summed E-state index contributed by atoms with van der Waals surface area (Å²) in [6.45, 7) is 2.75. The molecule has 0 unspecified atom stereocenters. The summed E-state index contributed by atoms with van der Waals surface area (Å²) in [5.74, 6) is 0.669. The van der Waals surface area contributed by atoms with Gasteiger partial charge in [0.2, 0.25) is 0 Å². The maximum Gasteiger partial charge on any atom is 0.338 e. The number of hydrogen-bond acceptors (Lipinski definition) is 8. The molecule has 0 radical (unpaired) electrons. The first kappa shape index (κ1) is 33.6. The molecule has 2 aromatic heterocycles. The van der Waals surface area contributed by atoms with E-state index < -0.39 is 12.0 Å². The summed E-state index contributed by atoms with van der Waals surface area (Å²) in [5, 5.41) is 0.952. The van der Waals surface area contributed by atoms with Gasteiger partial charge in [0.1, 0.15) is 35.7 Å². The minimum absolute atomic E-state index is 0.135. The Balaban J connectivity index is 1.40. The predicted molar refractivity (Wildman–Crippen MR) is 194 cm³/mol. The number of methoxy groups -OCH3 is 2. The van der Waals surface area contributed by atoms with Crippen LogP contribution in [0.1, 0.15) is 29.7 Å². The quantitative estimate of drug-likeness (QED) is 0.151. The number of rotatable bonds is 11. The number of benzene rings is 4. The molecule has 11 heteroatoms.